The van der Waals surface area contributed by atoms with Crippen molar-refractivity contribution in [3.05, 3.63) is 71.2 Å². The van der Waals surface area contributed by atoms with Gasteiger partial charge in [0.05, 0.1) is 17.4 Å². The van der Waals surface area contributed by atoms with Crippen LogP contribution in [-0.2, 0) is 7.05 Å². The molecule has 28 heavy (non-hydrogen) atoms. The van der Waals surface area contributed by atoms with Gasteiger partial charge in [0.15, 0.2) is 0 Å². The molecular formula is C22H23N5O. The summed E-state index contributed by atoms with van der Waals surface area (Å²) in [6.07, 6.45) is 0. The predicted molar refractivity (Wildman–Crippen MR) is 110 cm³/mol. The standard InChI is InChI=1S/C22H23N5O/c1-13(17-10-9-16-7-5-6-8-18(16)11-17)23-22(28)20-12-19(24-25-20)21-14(2)26-27(4)15(21)3/h5-13H,1-4H3,(H,23,28)(H,24,25). The zero-order chi connectivity index (χ0) is 19.8. The van der Waals surface area contributed by atoms with E-state index in [0.717, 1.165) is 33.6 Å². The molecule has 0 saturated heterocycles. The molecule has 2 aromatic carbocycles. The number of amides is 1. The van der Waals surface area contributed by atoms with Gasteiger partial charge in [-0.1, -0.05) is 36.4 Å². The lowest BCUT2D eigenvalue weighted by atomic mass is 10.0. The Morgan fingerprint density at radius 3 is 2.57 bits per heavy atom. The molecule has 6 nitrogen and oxygen atoms in total. The summed E-state index contributed by atoms with van der Waals surface area (Å²) < 4.78 is 1.82. The first-order valence-corrected chi connectivity index (χ1v) is 9.29. The van der Waals surface area contributed by atoms with E-state index in [-0.39, 0.29) is 11.9 Å². The van der Waals surface area contributed by atoms with Crippen molar-refractivity contribution in [1.29, 1.82) is 0 Å². The Hall–Kier alpha value is -3.41. The third-order valence-electron chi connectivity index (χ3n) is 5.21. The van der Waals surface area contributed by atoms with Crippen LogP contribution in [0.15, 0.2) is 48.5 Å². The SMILES string of the molecule is Cc1nn(C)c(C)c1-c1cc(C(=O)NC(C)c2ccc3ccccc3c2)[nH]n1. The second-order valence-electron chi connectivity index (χ2n) is 7.14. The van der Waals surface area contributed by atoms with Gasteiger partial charge >= 0.3 is 0 Å². The number of aromatic nitrogens is 4. The van der Waals surface area contributed by atoms with Crippen molar-refractivity contribution in [3.8, 4) is 11.3 Å². The number of hydrogen-bond donors (Lipinski definition) is 2. The summed E-state index contributed by atoms with van der Waals surface area (Å²) in [5.41, 5.74) is 5.09. The summed E-state index contributed by atoms with van der Waals surface area (Å²) in [6, 6.07) is 16.1. The Morgan fingerprint density at radius 2 is 1.86 bits per heavy atom. The number of aryl methyl sites for hydroxylation is 2. The van der Waals surface area contributed by atoms with E-state index in [2.05, 4.69) is 44.9 Å². The van der Waals surface area contributed by atoms with Gasteiger partial charge < -0.3 is 5.32 Å². The normalized spacial score (nSPS) is 12.3. The van der Waals surface area contributed by atoms with Crippen molar-refractivity contribution >= 4 is 16.7 Å². The first kappa shape index (κ1) is 18.0. The van der Waals surface area contributed by atoms with E-state index in [1.807, 2.05) is 50.7 Å². The van der Waals surface area contributed by atoms with Crippen LogP contribution < -0.4 is 5.32 Å². The number of aromatic amines is 1. The zero-order valence-electron chi connectivity index (χ0n) is 16.4. The molecule has 1 atom stereocenters. The maximum absolute atomic E-state index is 12.7. The molecule has 0 aliphatic rings. The minimum atomic E-state index is -0.182. The highest BCUT2D eigenvalue weighted by Gasteiger charge is 2.18. The number of nitrogens with zero attached hydrogens (tertiary/aromatic N) is 3. The number of benzene rings is 2. The molecule has 142 valence electrons. The third kappa shape index (κ3) is 3.17. The van der Waals surface area contributed by atoms with E-state index < -0.39 is 0 Å². The number of nitrogens with one attached hydrogen (secondary N) is 2. The molecule has 4 aromatic rings. The lowest BCUT2D eigenvalue weighted by Gasteiger charge is -2.14. The Balaban J connectivity index is 1.54. The van der Waals surface area contributed by atoms with Gasteiger partial charge in [0.1, 0.15) is 5.69 Å². The topological polar surface area (TPSA) is 75.6 Å². The molecule has 0 fully saturated rings. The Kier molecular flexibility index (Phi) is 4.47. The van der Waals surface area contributed by atoms with Crippen molar-refractivity contribution < 1.29 is 4.79 Å². The number of rotatable bonds is 4. The Morgan fingerprint density at radius 1 is 1.11 bits per heavy atom. The Bertz CT molecular complexity index is 1170. The number of carbonyl (C=O) groups is 1. The van der Waals surface area contributed by atoms with Crippen molar-refractivity contribution in [3.63, 3.8) is 0 Å². The van der Waals surface area contributed by atoms with Gasteiger partial charge in [-0.2, -0.15) is 10.2 Å². The second-order valence-corrected chi connectivity index (χ2v) is 7.14. The molecule has 0 aliphatic heterocycles. The van der Waals surface area contributed by atoms with Gasteiger partial charge in [0.25, 0.3) is 5.91 Å². The zero-order valence-corrected chi connectivity index (χ0v) is 16.4. The average molecular weight is 373 g/mol. The quantitative estimate of drug-likeness (QED) is 0.566. The smallest absolute Gasteiger partial charge is 0.269 e. The number of hydrogen-bond acceptors (Lipinski definition) is 3. The summed E-state index contributed by atoms with van der Waals surface area (Å²) in [4.78, 5) is 12.7. The van der Waals surface area contributed by atoms with E-state index in [1.54, 1.807) is 6.07 Å². The first-order chi connectivity index (χ1) is 13.4. The van der Waals surface area contributed by atoms with Gasteiger partial charge in [-0.25, -0.2) is 0 Å². The highest BCUT2D eigenvalue weighted by molar-refractivity contribution is 5.94. The van der Waals surface area contributed by atoms with E-state index in [9.17, 15) is 4.79 Å². The van der Waals surface area contributed by atoms with Gasteiger partial charge in [0.2, 0.25) is 0 Å². The Labute approximate surface area is 163 Å². The molecule has 2 heterocycles. The minimum Gasteiger partial charge on any atom is -0.344 e. The predicted octanol–water partition coefficient (Wildman–Crippen LogP) is 4.07. The molecule has 2 N–H and O–H groups in total. The highest BCUT2D eigenvalue weighted by Crippen LogP contribution is 2.25. The van der Waals surface area contributed by atoms with Crippen LogP contribution in [0, 0.1) is 13.8 Å². The van der Waals surface area contributed by atoms with E-state index in [4.69, 9.17) is 0 Å². The molecule has 6 heteroatoms. The summed E-state index contributed by atoms with van der Waals surface area (Å²) in [6.45, 7) is 5.92. The molecule has 1 amide bonds. The maximum Gasteiger partial charge on any atom is 0.269 e. The number of fused-ring (bicyclic) bond motifs is 1. The number of carbonyl (C=O) groups excluding carboxylic acids is 1. The third-order valence-corrected chi connectivity index (χ3v) is 5.21. The largest absolute Gasteiger partial charge is 0.344 e. The molecule has 0 bridgehead atoms. The summed E-state index contributed by atoms with van der Waals surface area (Å²) in [7, 11) is 1.90. The van der Waals surface area contributed by atoms with Crippen LogP contribution in [0.2, 0.25) is 0 Å². The second kappa shape index (κ2) is 6.96. The summed E-state index contributed by atoms with van der Waals surface area (Å²) in [5.74, 6) is -0.182. The van der Waals surface area contributed by atoms with Crippen molar-refractivity contribution in [2.24, 2.45) is 7.05 Å². The average Bonchev–Trinajstić information content (AvgIpc) is 3.26. The van der Waals surface area contributed by atoms with Crippen LogP contribution in [0.3, 0.4) is 0 Å². The molecule has 4 rings (SSSR count). The molecule has 2 aromatic heterocycles. The van der Waals surface area contributed by atoms with E-state index in [1.165, 1.54) is 5.39 Å². The molecule has 0 spiro atoms. The molecule has 1 unspecified atom stereocenters. The summed E-state index contributed by atoms with van der Waals surface area (Å²) >= 11 is 0. The van der Waals surface area contributed by atoms with Gasteiger partial charge in [-0.05, 0) is 49.2 Å². The molecule has 0 aliphatic carbocycles. The van der Waals surface area contributed by atoms with Crippen molar-refractivity contribution in [2.45, 2.75) is 26.8 Å². The fourth-order valence-electron chi connectivity index (χ4n) is 3.55. The van der Waals surface area contributed by atoms with Crippen LogP contribution in [0.25, 0.3) is 22.0 Å². The molecule has 0 saturated carbocycles. The van der Waals surface area contributed by atoms with Crippen LogP contribution >= 0.6 is 0 Å². The first-order valence-electron chi connectivity index (χ1n) is 9.29. The van der Waals surface area contributed by atoms with Crippen LogP contribution in [0.1, 0.15) is 40.4 Å². The lowest BCUT2D eigenvalue weighted by Crippen LogP contribution is -2.26. The minimum absolute atomic E-state index is 0.120. The van der Waals surface area contributed by atoms with E-state index in [0.29, 0.717) is 5.69 Å². The van der Waals surface area contributed by atoms with Gasteiger partial charge in [-0.3, -0.25) is 14.6 Å². The fourth-order valence-corrected chi connectivity index (χ4v) is 3.55. The van der Waals surface area contributed by atoms with Crippen LogP contribution in [-0.4, -0.2) is 25.9 Å². The van der Waals surface area contributed by atoms with Gasteiger partial charge in [-0.15, -0.1) is 0 Å². The van der Waals surface area contributed by atoms with Crippen molar-refractivity contribution in [2.75, 3.05) is 0 Å². The lowest BCUT2D eigenvalue weighted by molar-refractivity contribution is 0.0935. The van der Waals surface area contributed by atoms with Crippen LogP contribution in [0.4, 0.5) is 0 Å². The molecule has 0 radical (unpaired) electrons. The number of H-pyrrole nitrogens is 1. The monoisotopic (exact) mass is 373 g/mol. The van der Waals surface area contributed by atoms with Crippen LogP contribution in [0.5, 0.6) is 0 Å². The van der Waals surface area contributed by atoms with Gasteiger partial charge in [0, 0.05) is 18.3 Å². The fraction of sp³-hybridized carbons (Fsp3) is 0.227. The maximum atomic E-state index is 12.7. The summed E-state index contributed by atoms with van der Waals surface area (Å²) in [5, 5.41) is 17.0. The molecular weight excluding hydrogens is 350 g/mol. The van der Waals surface area contributed by atoms with E-state index >= 15 is 0 Å². The van der Waals surface area contributed by atoms with Crippen molar-refractivity contribution in [1.82, 2.24) is 25.3 Å². The highest BCUT2D eigenvalue weighted by atomic mass is 16.2.